The third-order valence-electron chi connectivity index (χ3n) is 4.97. The van der Waals surface area contributed by atoms with Gasteiger partial charge in [-0.2, -0.15) is 0 Å². The van der Waals surface area contributed by atoms with Gasteiger partial charge in [0, 0.05) is 18.5 Å². The van der Waals surface area contributed by atoms with Gasteiger partial charge in [0.2, 0.25) is 6.79 Å². The molecule has 6 heteroatoms. The normalized spacial score (nSPS) is 25.1. The van der Waals surface area contributed by atoms with Crippen LogP contribution in [0.1, 0.15) is 43.5 Å². The van der Waals surface area contributed by atoms with Gasteiger partial charge in [-0.05, 0) is 37.0 Å². The number of piperidine rings is 1. The van der Waals surface area contributed by atoms with Gasteiger partial charge in [0.1, 0.15) is 0 Å². The van der Waals surface area contributed by atoms with E-state index in [1.165, 1.54) is 0 Å². The number of benzene rings is 1. The molecule has 0 aromatic heterocycles. The number of carbonyl (C=O) groups excluding carboxylic acids is 1. The van der Waals surface area contributed by atoms with Gasteiger partial charge in [0.25, 0.3) is 5.91 Å². The molecule has 1 atom stereocenters. The highest BCUT2D eigenvalue weighted by Crippen LogP contribution is 2.36. The summed E-state index contributed by atoms with van der Waals surface area (Å²) in [5.41, 5.74) is 1.37. The van der Waals surface area contributed by atoms with E-state index in [0.29, 0.717) is 29.5 Å². The Morgan fingerprint density at radius 1 is 1.29 bits per heavy atom. The van der Waals surface area contributed by atoms with Crippen molar-refractivity contribution in [2.75, 3.05) is 19.9 Å². The first kappa shape index (κ1) is 15.3. The minimum Gasteiger partial charge on any atom is -0.454 e. The first-order valence-corrected chi connectivity index (χ1v) is 8.50. The van der Waals surface area contributed by atoms with Crippen molar-refractivity contribution < 1.29 is 19.1 Å². The van der Waals surface area contributed by atoms with E-state index in [1.807, 2.05) is 4.90 Å². The molecule has 6 nitrogen and oxygen atoms in total. The second kappa shape index (κ2) is 5.69. The van der Waals surface area contributed by atoms with Crippen LogP contribution in [0.2, 0.25) is 0 Å². The molecule has 3 aliphatic rings. The number of nitrogens with zero attached hydrogens (tertiary/aromatic N) is 2. The second-order valence-corrected chi connectivity index (χ2v) is 7.09. The second-order valence-electron chi connectivity index (χ2n) is 7.09. The zero-order valence-electron chi connectivity index (χ0n) is 14.1. The summed E-state index contributed by atoms with van der Waals surface area (Å²) < 4.78 is 10.7. The lowest BCUT2D eigenvalue weighted by Gasteiger charge is -2.38. The predicted octanol–water partition coefficient (Wildman–Crippen LogP) is 2.82. The summed E-state index contributed by atoms with van der Waals surface area (Å²) in [7, 11) is 0. The minimum absolute atomic E-state index is 0.00831. The summed E-state index contributed by atoms with van der Waals surface area (Å²) in [4.78, 5) is 20.6. The highest BCUT2D eigenvalue weighted by molar-refractivity contribution is 5.95. The third kappa shape index (κ3) is 2.60. The van der Waals surface area contributed by atoms with Crippen LogP contribution in [0, 0.1) is 5.92 Å². The Morgan fingerprint density at radius 3 is 2.92 bits per heavy atom. The molecule has 1 aromatic rings. The molecule has 0 bridgehead atoms. The number of carbonyl (C=O) groups is 1. The van der Waals surface area contributed by atoms with Crippen LogP contribution in [-0.4, -0.2) is 42.0 Å². The molecule has 0 N–H and O–H groups in total. The van der Waals surface area contributed by atoms with Crippen LogP contribution < -0.4 is 9.47 Å². The SMILES string of the molecule is CC(C)C1=NOC2(CCCN(C(=O)c3ccc4c(c3)OCO4)C2)C1. The van der Waals surface area contributed by atoms with E-state index in [2.05, 4.69) is 19.0 Å². The van der Waals surface area contributed by atoms with Crippen LogP contribution in [0.3, 0.4) is 0 Å². The van der Waals surface area contributed by atoms with Crippen molar-refractivity contribution in [2.24, 2.45) is 11.1 Å². The van der Waals surface area contributed by atoms with Gasteiger partial charge in [-0.3, -0.25) is 4.79 Å². The average Bonchev–Trinajstić information content (AvgIpc) is 3.21. The van der Waals surface area contributed by atoms with Crippen molar-refractivity contribution in [3.63, 3.8) is 0 Å². The molecule has 1 fully saturated rings. The molecule has 0 saturated carbocycles. The maximum absolute atomic E-state index is 12.9. The highest BCUT2D eigenvalue weighted by Gasteiger charge is 2.44. The Bertz CT molecular complexity index is 700. The molecule has 128 valence electrons. The van der Waals surface area contributed by atoms with Crippen molar-refractivity contribution in [1.82, 2.24) is 4.90 Å². The van der Waals surface area contributed by atoms with Gasteiger partial charge < -0.3 is 19.2 Å². The topological polar surface area (TPSA) is 60.4 Å². The van der Waals surface area contributed by atoms with Crippen molar-refractivity contribution in [3.8, 4) is 11.5 Å². The lowest BCUT2D eigenvalue weighted by Crippen LogP contribution is -2.50. The van der Waals surface area contributed by atoms with Gasteiger partial charge in [-0.15, -0.1) is 0 Å². The van der Waals surface area contributed by atoms with Crippen LogP contribution >= 0.6 is 0 Å². The zero-order chi connectivity index (χ0) is 16.7. The number of hydrogen-bond acceptors (Lipinski definition) is 5. The molecule has 0 radical (unpaired) electrons. The van der Waals surface area contributed by atoms with Gasteiger partial charge in [-0.25, -0.2) is 0 Å². The predicted molar refractivity (Wildman–Crippen MR) is 88.4 cm³/mol. The van der Waals surface area contributed by atoms with Gasteiger partial charge in [0.05, 0.1) is 12.3 Å². The van der Waals surface area contributed by atoms with Gasteiger partial charge in [-0.1, -0.05) is 19.0 Å². The molecule has 24 heavy (non-hydrogen) atoms. The summed E-state index contributed by atoms with van der Waals surface area (Å²) in [6, 6.07) is 5.35. The quantitative estimate of drug-likeness (QED) is 0.836. The Hall–Kier alpha value is -2.24. The van der Waals surface area contributed by atoms with Crippen LogP contribution in [0.25, 0.3) is 0 Å². The standard InChI is InChI=1S/C18H22N2O4/c1-12(2)14-9-18(24-19-14)6-3-7-20(10-18)17(21)13-4-5-15-16(8-13)23-11-22-15/h4-5,8,12H,3,6-7,9-11H2,1-2H3. The Balaban J connectivity index is 1.49. The number of amides is 1. The maximum atomic E-state index is 12.9. The van der Waals surface area contributed by atoms with Crippen molar-refractivity contribution in [3.05, 3.63) is 23.8 Å². The average molecular weight is 330 g/mol. The molecular formula is C18H22N2O4. The summed E-state index contributed by atoms with van der Waals surface area (Å²) in [6.07, 6.45) is 2.68. The number of hydrogen-bond donors (Lipinski definition) is 0. The number of oxime groups is 1. The molecule has 1 amide bonds. The Labute approximate surface area is 141 Å². The van der Waals surface area contributed by atoms with E-state index in [9.17, 15) is 4.79 Å². The highest BCUT2D eigenvalue weighted by atomic mass is 16.7. The first-order valence-electron chi connectivity index (χ1n) is 8.50. The lowest BCUT2D eigenvalue weighted by atomic mass is 9.85. The monoisotopic (exact) mass is 330 g/mol. The molecule has 0 aliphatic carbocycles. The molecule has 3 heterocycles. The molecular weight excluding hydrogens is 308 g/mol. The largest absolute Gasteiger partial charge is 0.454 e. The van der Waals surface area contributed by atoms with Crippen LogP contribution in [0.4, 0.5) is 0 Å². The van der Waals surface area contributed by atoms with E-state index in [4.69, 9.17) is 14.3 Å². The molecule has 1 aromatic carbocycles. The van der Waals surface area contributed by atoms with Gasteiger partial charge in [0.15, 0.2) is 17.1 Å². The lowest BCUT2D eigenvalue weighted by molar-refractivity contribution is -0.0618. The fraction of sp³-hybridized carbons (Fsp3) is 0.556. The summed E-state index contributed by atoms with van der Waals surface area (Å²) >= 11 is 0. The Morgan fingerprint density at radius 2 is 2.12 bits per heavy atom. The third-order valence-corrected chi connectivity index (χ3v) is 4.97. The van der Waals surface area contributed by atoms with Crippen LogP contribution in [0.15, 0.2) is 23.4 Å². The molecule has 1 unspecified atom stereocenters. The van der Waals surface area contributed by atoms with Crippen molar-refractivity contribution >= 4 is 11.6 Å². The molecule has 4 rings (SSSR count). The molecule has 3 aliphatic heterocycles. The summed E-state index contributed by atoms with van der Waals surface area (Å²) in [5, 5.41) is 4.27. The van der Waals surface area contributed by atoms with E-state index in [1.54, 1.807) is 18.2 Å². The van der Waals surface area contributed by atoms with Crippen LogP contribution in [0.5, 0.6) is 11.5 Å². The molecule has 1 spiro atoms. The van der Waals surface area contributed by atoms with E-state index < -0.39 is 0 Å². The maximum Gasteiger partial charge on any atom is 0.254 e. The van der Waals surface area contributed by atoms with Crippen molar-refractivity contribution in [2.45, 2.75) is 38.7 Å². The van der Waals surface area contributed by atoms with Gasteiger partial charge >= 0.3 is 0 Å². The summed E-state index contributed by atoms with van der Waals surface area (Å²) in [6.45, 7) is 5.79. The van der Waals surface area contributed by atoms with E-state index >= 15 is 0 Å². The van der Waals surface area contributed by atoms with E-state index in [0.717, 1.165) is 31.5 Å². The minimum atomic E-state index is -0.343. The van der Waals surface area contributed by atoms with E-state index in [-0.39, 0.29) is 18.3 Å². The fourth-order valence-corrected chi connectivity index (χ4v) is 3.56. The Kier molecular flexibility index (Phi) is 3.62. The first-order chi connectivity index (χ1) is 11.6. The number of ether oxygens (including phenoxy) is 2. The van der Waals surface area contributed by atoms with Crippen LogP contribution in [-0.2, 0) is 4.84 Å². The number of fused-ring (bicyclic) bond motifs is 1. The smallest absolute Gasteiger partial charge is 0.254 e. The van der Waals surface area contributed by atoms with Crippen molar-refractivity contribution in [1.29, 1.82) is 0 Å². The summed E-state index contributed by atoms with van der Waals surface area (Å²) in [5.74, 6) is 1.71. The molecule has 1 saturated heterocycles. The fourth-order valence-electron chi connectivity index (χ4n) is 3.56. The zero-order valence-corrected chi connectivity index (χ0v) is 14.1. The number of likely N-dealkylation sites (tertiary alicyclic amines) is 1. The number of rotatable bonds is 2.